The normalized spacial score (nSPS) is 13.0. The largest absolute Gasteiger partial charge is 0.427 e. The van der Waals surface area contributed by atoms with E-state index in [0.717, 1.165) is 5.46 Å². The molecular formula is C34H28BO2S. The van der Waals surface area contributed by atoms with Crippen molar-refractivity contribution in [3.05, 3.63) is 91.0 Å². The van der Waals surface area contributed by atoms with Crippen molar-refractivity contribution in [2.75, 3.05) is 0 Å². The quantitative estimate of drug-likeness (QED) is 0.236. The van der Waals surface area contributed by atoms with Gasteiger partial charge in [-0.25, -0.2) is 0 Å². The van der Waals surface area contributed by atoms with Crippen LogP contribution in [0.5, 0.6) is 0 Å². The van der Waals surface area contributed by atoms with E-state index >= 15 is 0 Å². The first kappa shape index (κ1) is 23.7. The van der Waals surface area contributed by atoms with Gasteiger partial charge in [-0.15, -0.1) is 11.3 Å². The van der Waals surface area contributed by atoms with Gasteiger partial charge in [-0.3, -0.25) is 0 Å². The number of fused-ring (bicyclic) bond motifs is 6. The lowest BCUT2D eigenvalue weighted by Gasteiger charge is -2.37. The Kier molecular flexibility index (Phi) is 5.16. The minimum Gasteiger partial charge on any atom is -0.427 e. The lowest BCUT2D eigenvalue weighted by molar-refractivity contribution is -0.0893. The molecule has 1 aliphatic rings. The predicted octanol–water partition coefficient (Wildman–Crippen LogP) is 8.33. The molecule has 0 spiro atoms. The van der Waals surface area contributed by atoms with Gasteiger partial charge >= 0.3 is 7.48 Å². The zero-order chi connectivity index (χ0) is 26.2. The first-order valence-electron chi connectivity index (χ1n) is 13.1. The second-order valence-corrected chi connectivity index (χ2v) is 12.3. The number of rotatable bonds is 5. The van der Waals surface area contributed by atoms with Crippen molar-refractivity contribution >= 4 is 55.2 Å². The third-order valence-electron chi connectivity index (χ3n) is 8.32. The van der Waals surface area contributed by atoms with Crippen molar-refractivity contribution in [2.45, 2.75) is 38.9 Å². The van der Waals surface area contributed by atoms with Crippen molar-refractivity contribution < 1.29 is 9.76 Å². The number of hydrogen-bond acceptors (Lipinski definition) is 3. The zero-order valence-corrected chi connectivity index (χ0v) is 22.8. The molecule has 0 fully saturated rings. The molecule has 1 N–H and O–H groups in total. The maximum atomic E-state index is 10.5. The Morgan fingerprint density at radius 1 is 0.632 bits per heavy atom. The molecule has 7 rings (SSSR count). The fraction of sp³-hybridized carbons (Fsp3) is 0.176. The molecule has 0 amide bonds. The number of hydrogen-bond donors (Lipinski definition) is 1. The van der Waals surface area contributed by atoms with Crippen molar-refractivity contribution in [3.8, 4) is 33.4 Å². The minimum absolute atomic E-state index is 0.704. The molecule has 0 aliphatic heterocycles. The second-order valence-electron chi connectivity index (χ2n) is 11.3. The maximum absolute atomic E-state index is 10.5. The van der Waals surface area contributed by atoms with Crippen LogP contribution in [-0.4, -0.2) is 23.8 Å². The Morgan fingerprint density at radius 3 is 2.00 bits per heavy atom. The van der Waals surface area contributed by atoms with Gasteiger partial charge in [0, 0.05) is 25.7 Å². The highest BCUT2D eigenvalue weighted by atomic mass is 32.1. The van der Waals surface area contributed by atoms with Gasteiger partial charge in [0.25, 0.3) is 0 Å². The van der Waals surface area contributed by atoms with Crippen LogP contribution in [-0.2, 0) is 4.65 Å². The van der Waals surface area contributed by atoms with E-state index in [2.05, 4.69) is 91.0 Å². The van der Waals surface area contributed by atoms with Crippen LogP contribution < -0.4 is 5.46 Å². The highest BCUT2D eigenvalue weighted by Gasteiger charge is 2.35. The standard InChI is InChI=1S/C34H28BO2S/c1-33(2,36)34(3,4)37-35-20-15-16-24-29-14-8-13-28(32(29)38-30(24)19-20)23-17-18-27-22-10-6-5-9-21(22)25-11-7-12-26(23)31(25)27/h5-19,36H,1-4H3. The van der Waals surface area contributed by atoms with Crippen LogP contribution in [0.15, 0.2) is 91.0 Å². The van der Waals surface area contributed by atoms with Crippen molar-refractivity contribution in [3.63, 3.8) is 0 Å². The van der Waals surface area contributed by atoms with Gasteiger partial charge in [-0.05, 0) is 72.4 Å². The third-order valence-corrected chi connectivity index (χ3v) is 9.53. The number of aliphatic hydroxyl groups is 1. The summed E-state index contributed by atoms with van der Waals surface area (Å²) >= 11 is 1.83. The Hall–Kier alpha value is -3.44. The summed E-state index contributed by atoms with van der Waals surface area (Å²) in [6.07, 6.45) is 0. The third kappa shape index (κ3) is 3.48. The van der Waals surface area contributed by atoms with E-state index in [-0.39, 0.29) is 0 Å². The molecule has 38 heavy (non-hydrogen) atoms. The topological polar surface area (TPSA) is 29.5 Å². The molecule has 185 valence electrons. The molecule has 5 aromatic carbocycles. The average Bonchev–Trinajstić information content (AvgIpc) is 3.44. The van der Waals surface area contributed by atoms with Crippen LogP contribution in [0.25, 0.3) is 64.3 Å². The van der Waals surface area contributed by atoms with Crippen LogP contribution in [0.3, 0.4) is 0 Å². The van der Waals surface area contributed by atoms with Crippen LogP contribution in [0, 0.1) is 0 Å². The molecule has 1 heterocycles. The molecular weight excluding hydrogens is 483 g/mol. The summed E-state index contributed by atoms with van der Waals surface area (Å²) in [6, 6.07) is 33.2. The van der Waals surface area contributed by atoms with E-state index < -0.39 is 11.2 Å². The maximum Gasteiger partial charge on any atom is 0.330 e. The molecule has 0 unspecified atom stereocenters. The van der Waals surface area contributed by atoms with Gasteiger partial charge < -0.3 is 9.76 Å². The summed E-state index contributed by atoms with van der Waals surface area (Å²) < 4.78 is 8.55. The van der Waals surface area contributed by atoms with E-state index in [4.69, 9.17) is 4.65 Å². The Labute approximate surface area is 227 Å². The van der Waals surface area contributed by atoms with Crippen LogP contribution in [0.2, 0.25) is 0 Å². The first-order chi connectivity index (χ1) is 18.2. The lowest BCUT2D eigenvalue weighted by atomic mass is 9.82. The summed E-state index contributed by atoms with van der Waals surface area (Å²) in [7, 11) is 1.77. The SMILES string of the molecule is CC(C)(O)C(C)(C)O[B]c1ccc2c(c1)sc1c(-c3ccc4c5c(cccc35)-c3ccccc3-4)cccc12. The summed E-state index contributed by atoms with van der Waals surface area (Å²) in [5.41, 5.74) is 7.18. The van der Waals surface area contributed by atoms with Crippen molar-refractivity contribution in [1.29, 1.82) is 0 Å². The molecule has 4 heteroatoms. The monoisotopic (exact) mass is 511 g/mol. The highest BCUT2D eigenvalue weighted by molar-refractivity contribution is 7.26. The molecule has 1 radical (unpaired) electrons. The Balaban J connectivity index is 1.35. The summed E-state index contributed by atoms with van der Waals surface area (Å²) in [6.45, 7) is 7.36. The Morgan fingerprint density at radius 2 is 1.26 bits per heavy atom. The van der Waals surface area contributed by atoms with Gasteiger partial charge in [-0.1, -0.05) is 90.4 Å². The molecule has 0 atom stereocenters. The van der Waals surface area contributed by atoms with E-state index in [1.165, 1.54) is 64.3 Å². The molecule has 0 saturated carbocycles. The van der Waals surface area contributed by atoms with Crippen molar-refractivity contribution in [2.24, 2.45) is 0 Å². The number of benzene rings is 5. The van der Waals surface area contributed by atoms with Crippen LogP contribution in [0.4, 0.5) is 0 Å². The van der Waals surface area contributed by atoms with E-state index in [9.17, 15) is 5.11 Å². The molecule has 0 saturated heterocycles. The zero-order valence-electron chi connectivity index (χ0n) is 22.0. The highest BCUT2D eigenvalue weighted by Crippen LogP contribution is 2.50. The fourth-order valence-corrected chi connectivity index (χ4v) is 6.78. The van der Waals surface area contributed by atoms with E-state index in [1.807, 2.05) is 25.2 Å². The van der Waals surface area contributed by atoms with Crippen molar-refractivity contribution in [1.82, 2.24) is 0 Å². The van der Waals surface area contributed by atoms with Gasteiger partial charge in [0.1, 0.15) is 0 Å². The minimum atomic E-state index is -0.957. The second kappa shape index (κ2) is 8.28. The summed E-state index contributed by atoms with van der Waals surface area (Å²) in [4.78, 5) is 0. The molecule has 2 nitrogen and oxygen atoms in total. The van der Waals surface area contributed by atoms with Gasteiger partial charge in [-0.2, -0.15) is 0 Å². The lowest BCUT2D eigenvalue weighted by Crippen LogP contribution is -2.49. The molecule has 6 aromatic rings. The molecule has 1 aromatic heterocycles. The molecule has 0 bridgehead atoms. The smallest absolute Gasteiger partial charge is 0.330 e. The first-order valence-corrected chi connectivity index (χ1v) is 13.9. The summed E-state index contributed by atoms with van der Waals surface area (Å²) in [5.74, 6) is 0. The van der Waals surface area contributed by atoms with E-state index in [1.54, 1.807) is 21.3 Å². The van der Waals surface area contributed by atoms with Gasteiger partial charge in [0.2, 0.25) is 0 Å². The van der Waals surface area contributed by atoms with Gasteiger partial charge in [0.15, 0.2) is 0 Å². The number of thiophene rings is 1. The molecule has 1 aliphatic carbocycles. The Bertz CT molecular complexity index is 1860. The fourth-order valence-electron chi connectivity index (χ4n) is 5.50. The van der Waals surface area contributed by atoms with E-state index in [0.29, 0.717) is 0 Å². The predicted molar refractivity (Wildman–Crippen MR) is 164 cm³/mol. The average molecular weight is 511 g/mol. The van der Waals surface area contributed by atoms with Crippen LogP contribution >= 0.6 is 11.3 Å². The van der Waals surface area contributed by atoms with Crippen LogP contribution in [0.1, 0.15) is 27.7 Å². The van der Waals surface area contributed by atoms with Gasteiger partial charge in [0.05, 0.1) is 11.2 Å². The summed E-state index contributed by atoms with van der Waals surface area (Å²) in [5, 5.41) is 15.6.